The van der Waals surface area contributed by atoms with E-state index in [0.29, 0.717) is 50.5 Å². The van der Waals surface area contributed by atoms with Crippen LogP contribution in [0.15, 0.2) is 60.3 Å². The molecule has 1 fully saturated rings. The molecule has 2 aliphatic carbocycles. The van der Waals surface area contributed by atoms with Crippen LogP contribution in [0.3, 0.4) is 0 Å². The normalized spacial score (nSPS) is 26.7. The molecule has 1 aromatic rings. The van der Waals surface area contributed by atoms with E-state index in [1.807, 2.05) is 26.0 Å². The van der Waals surface area contributed by atoms with Crippen LogP contribution >= 0.6 is 0 Å². The number of fused-ring (bicyclic) bond motifs is 2. The standard InChI is InChI=1S/C37H54N2O8/c1-6-18-39(36(42)43-5)33-25-31(38-46-9-4)29-23-26(14-10-12-19-40)28(15-11-13-20-41)34-30-24-27(44-21-7-2)16-17-32(30)47-37(33,35(29)34)45-22-8-3/h7-8,16-17,23-24,26,28,33-35,40-41H,2-3,6,9-15,18-22,25H2,1,4-5H3. The topological polar surface area (TPSA) is 119 Å². The SMILES string of the molecule is C=CCOc1ccc2c(c1)C1C(CCCCO)C(CCCCO)C=C3C(=NOCC)CC(N(CCC)C(=O)OC)C(OCC=C)(O2)C31. The second-order valence-corrected chi connectivity index (χ2v) is 12.5. The summed E-state index contributed by atoms with van der Waals surface area (Å²) in [5.74, 6) is -0.0620. The average Bonchev–Trinajstić information content (AvgIpc) is 3.09. The molecule has 1 aliphatic heterocycles. The summed E-state index contributed by atoms with van der Waals surface area (Å²) >= 11 is 0. The van der Waals surface area contributed by atoms with E-state index in [9.17, 15) is 15.0 Å². The van der Waals surface area contributed by atoms with Gasteiger partial charge in [0.1, 0.15) is 30.8 Å². The number of ether oxygens (including phenoxy) is 4. The van der Waals surface area contributed by atoms with Crippen LogP contribution in [0.1, 0.15) is 76.7 Å². The van der Waals surface area contributed by atoms with Gasteiger partial charge in [-0.3, -0.25) is 4.90 Å². The summed E-state index contributed by atoms with van der Waals surface area (Å²) in [7, 11) is 1.39. The number of hydrogen-bond donors (Lipinski definition) is 2. The zero-order valence-electron chi connectivity index (χ0n) is 28.4. The van der Waals surface area contributed by atoms with E-state index < -0.39 is 17.9 Å². The van der Waals surface area contributed by atoms with Crippen LogP contribution in [0.25, 0.3) is 0 Å². The molecule has 10 nitrogen and oxygen atoms in total. The van der Waals surface area contributed by atoms with Crippen molar-refractivity contribution in [2.45, 2.75) is 83.0 Å². The van der Waals surface area contributed by atoms with Gasteiger partial charge in [-0.2, -0.15) is 0 Å². The monoisotopic (exact) mass is 654 g/mol. The maximum Gasteiger partial charge on any atom is 0.409 e. The molecule has 260 valence electrons. The Bertz CT molecular complexity index is 1260. The number of allylic oxidation sites excluding steroid dienone is 1. The molecule has 6 unspecified atom stereocenters. The highest BCUT2D eigenvalue weighted by molar-refractivity contribution is 6.02. The summed E-state index contributed by atoms with van der Waals surface area (Å²) in [5, 5.41) is 24.1. The molecule has 0 bridgehead atoms. The lowest BCUT2D eigenvalue weighted by atomic mass is 9.55. The Morgan fingerprint density at radius 2 is 1.85 bits per heavy atom. The van der Waals surface area contributed by atoms with E-state index in [0.717, 1.165) is 49.0 Å². The van der Waals surface area contributed by atoms with Crippen molar-refractivity contribution in [3.63, 3.8) is 0 Å². The molecule has 1 amide bonds. The zero-order valence-corrected chi connectivity index (χ0v) is 28.4. The summed E-state index contributed by atoms with van der Waals surface area (Å²) in [6.07, 6.45) is 11.2. The number of carbonyl (C=O) groups is 1. The van der Waals surface area contributed by atoms with Crippen molar-refractivity contribution in [2.75, 3.05) is 46.7 Å². The minimum Gasteiger partial charge on any atom is -0.490 e. The van der Waals surface area contributed by atoms with Gasteiger partial charge in [-0.15, -0.1) is 6.58 Å². The van der Waals surface area contributed by atoms with Crippen LogP contribution in [-0.4, -0.2) is 85.4 Å². The summed E-state index contributed by atoms with van der Waals surface area (Å²) in [5.41, 5.74) is 2.78. The Hall–Kier alpha value is -3.34. The van der Waals surface area contributed by atoms with Gasteiger partial charge in [0.2, 0.25) is 5.79 Å². The maximum atomic E-state index is 13.5. The number of aliphatic hydroxyl groups excluding tert-OH is 2. The van der Waals surface area contributed by atoms with Crippen LogP contribution in [0, 0.1) is 17.8 Å². The van der Waals surface area contributed by atoms with Crippen LogP contribution in [0.5, 0.6) is 11.5 Å². The number of methoxy groups -OCH3 is 1. The molecule has 1 aromatic carbocycles. The predicted octanol–water partition coefficient (Wildman–Crippen LogP) is 6.38. The number of oxime groups is 1. The number of hydrogen-bond acceptors (Lipinski definition) is 9. The number of carbonyl (C=O) groups excluding carboxylic acids is 1. The van der Waals surface area contributed by atoms with Gasteiger partial charge in [0.15, 0.2) is 0 Å². The van der Waals surface area contributed by atoms with Gasteiger partial charge in [-0.05, 0) is 74.6 Å². The third-order valence-electron chi connectivity index (χ3n) is 9.57. The van der Waals surface area contributed by atoms with Crippen LogP contribution < -0.4 is 9.47 Å². The van der Waals surface area contributed by atoms with E-state index in [2.05, 4.69) is 30.5 Å². The molecule has 0 aromatic heterocycles. The summed E-state index contributed by atoms with van der Waals surface area (Å²) in [6, 6.07) is 5.32. The van der Waals surface area contributed by atoms with Gasteiger partial charge in [-0.1, -0.05) is 49.7 Å². The molecule has 1 heterocycles. The van der Waals surface area contributed by atoms with Crippen LogP contribution in [-0.2, 0) is 14.3 Å². The Morgan fingerprint density at radius 1 is 1.11 bits per heavy atom. The average molecular weight is 655 g/mol. The molecule has 2 N–H and O–H groups in total. The molecule has 0 spiro atoms. The molecule has 3 aliphatic rings. The lowest BCUT2D eigenvalue weighted by molar-refractivity contribution is -0.255. The zero-order chi connectivity index (χ0) is 33.8. The molecule has 4 rings (SSSR count). The molecular formula is C37H54N2O8. The molecule has 0 saturated heterocycles. The number of amides is 1. The minimum atomic E-state index is -1.29. The maximum absolute atomic E-state index is 13.5. The fourth-order valence-electron chi connectivity index (χ4n) is 7.77. The van der Waals surface area contributed by atoms with Crippen molar-refractivity contribution in [3.05, 3.63) is 60.7 Å². The van der Waals surface area contributed by atoms with Crippen molar-refractivity contribution < 1.29 is 38.8 Å². The lowest BCUT2D eigenvalue weighted by Gasteiger charge is -2.59. The Kier molecular flexibility index (Phi) is 13.8. The highest BCUT2D eigenvalue weighted by Gasteiger charge is 2.65. The number of unbranched alkanes of at least 4 members (excludes halogenated alkanes) is 2. The van der Waals surface area contributed by atoms with Crippen molar-refractivity contribution in [1.82, 2.24) is 4.90 Å². The Labute approximate surface area is 280 Å². The number of benzene rings is 1. The molecule has 1 saturated carbocycles. The first-order valence-corrected chi connectivity index (χ1v) is 17.2. The van der Waals surface area contributed by atoms with E-state index in [4.69, 9.17) is 23.8 Å². The second kappa shape index (κ2) is 17.7. The minimum absolute atomic E-state index is 0.107. The van der Waals surface area contributed by atoms with Crippen molar-refractivity contribution in [2.24, 2.45) is 22.9 Å². The quantitative estimate of drug-likeness (QED) is 0.100. The fraction of sp³-hybridized carbons (Fsp3) is 0.622. The first kappa shape index (κ1) is 36.5. The first-order valence-electron chi connectivity index (χ1n) is 17.2. The Morgan fingerprint density at radius 3 is 2.51 bits per heavy atom. The Balaban J connectivity index is 2.03. The summed E-state index contributed by atoms with van der Waals surface area (Å²) < 4.78 is 25.3. The van der Waals surface area contributed by atoms with E-state index in [1.54, 1.807) is 17.1 Å². The van der Waals surface area contributed by atoms with E-state index >= 15 is 0 Å². The van der Waals surface area contributed by atoms with Crippen molar-refractivity contribution >= 4 is 11.8 Å². The molecule has 6 atom stereocenters. The predicted molar refractivity (Wildman–Crippen MR) is 182 cm³/mol. The van der Waals surface area contributed by atoms with Gasteiger partial charge in [0.25, 0.3) is 0 Å². The van der Waals surface area contributed by atoms with Crippen molar-refractivity contribution in [3.8, 4) is 11.5 Å². The van der Waals surface area contributed by atoms with Gasteiger partial charge in [-0.25, -0.2) is 4.79 Å². The molecule has 47 heavy (non-hydrogen) atoms. The van der Waals surface area contributed by atoms with Gasteiger partial charge in [0, 0.05) is 37.7 Å². The lowest BCUT2D eigenvalue weighted by Crippen LogP contribution is -2.70. The molecule has 10 heteroatoms. The summed E-state index contributed by atoms with van der Waals surface area (Å²) in [4.78, 5) is 21.0. The number of rotatable bonds is 19. The second-order valence-electron chi connectivity index (χ2n) is 12.5. The third-order valence-corrected chi connectivity index (χ3v) is 9.57. The largest absolute Gasteiger partial charge is 0.490 e. The van der Waals surface area contributed by atoms with Gasteiger partial charge < -0.3 is 34.0 Å². The number of nitrogens with zero attached hydrogens (tertiary/aromatic N) is 2. The smallest absolute Gasteiger partial charge is 0.409 e. The fourth-order valence-corrected chi connectivity index (χ4v) is 7.77. The third kappa shape index (κ3) is 7.87. The highest BCUT2D eigenvalue weighted by Crippen LogP contribution is 2.61. The molecular weight excluding hydrogens is 600 g/mol. The van der Waals surface area contributed by atoms with Crippen molar-refractivity contribution in [1.29, 1.82) is 0 Å². The van der Waals surface area contributed by atoms with Gasteiger partial charge in [0.05, 0.1) is 25.3 Å². The first-order chi connectivity index (χ1) is 22.9. The highest BCUT2D eigenvalue weighted by atomic mass is 16.7. The van der Waals surface area contributed by atoms with Crippen LogP contribution in [0.2, 0.25) is 0 Å². The van der Waals surface area contributed by atoms with E-state index in [1.165, 1.54) is 7.11 Å². The van der Waals surface area contributed by atoms with Crippen LogP contribution in [0.4, 0.5) is 4.79 Å². The number of aliphatic hydroxyl groups is 2. The molecule has 0 radical (unpaired) electrons. The summed E-state index contributed by atoms with van der Waals surface area (Å²) in [6.45, 7) is 13.4. The van der Waals surface area contributed by atoms with E-state index in [-0.39, 0.29) is 43.5 Å². The van der Waals surface area contributed by atoms with Gasteiger partial charge >= 0.3 is 6.09 Å².